The molecule has 2 fully saturated rings. The summed E-state index contributed by atoms with van der Waals surface area (Å²) in [5, 5.41) is 6.14. The quantitative estimate of drug-likeness (QED) is 0.129. The molecule has 2 aromatic carbocycles. The number of carbonyl (C=O) groups excluding carboxylic acids is 2. The Morgan fingerprint density at radius 1 is 1.00 bits per heavy atom. The minimum absolute atomic E-state index is 0.0223. The molecule has 16 heteroatoms. The zero-order valence-corrected chi connectivity index (χ0v) is 33.8. The summed E-state index contributed by atoms with van der Waals surface area (Å²) in [6.45, 7) is 5.73. The molecule has 1 unspecified atom stereocenters. The molecule has 2 heterocycles. The van der Waals surface area contributed by atoms with Gasteiger partial charge in [-0.2, -0.15) is 18.2 Å². The van der Waals surface area contributed by atoms with Crippen LogP contribution in [0.4, 0.5) is 19.0 Å². The molecule has 11 nitrogen and oxygen atoms in total. The van der Waals surface area contributed by atoms with E-state index in [1.165, 1.54) is 22.5 Å². The fourth-order valence-corrected chi connectivity index (χ4v) is 12.0. The summed E-state index contributed by atoms with van der Waals surface area (Å²) in [4.78, 5) is 42.0. The van der Waals surface area contributed by atoms with E-state index >= 15 is 0 Å². The monoisotopic (exact) mass is 814 g/mol. The van der Waals surface area contributed by atoms with E-state index in [1.54, 1.807) is 5.32 Å². The number of amides is 2. The van der Waals surface area contributed by atoms with Gasteiger partial charge in [0.25, 0.3) is 14.2 Å². The van der Waals surface area contributed by atoms with Crippen LogP contribution in [0.3, 0.4) is 0 Å². The second-order valence-corrected chi connectivity index (χ2v) is 19.9. The van der Waals surface area contributed by atoms with Crippen LogP contribution in [0.25, 0.3) is 0 Å². The van der Waals surface area contributed by atoms with E-state index in [0.29, 0.717) is 5.94 Å². The number of anilines is 1. The molecule has 1 aromatic heterocycles. The van der Waals surface area contributed by atoms with Crippen molar-refractivity contribution in [3.8, 4) is 11.8 Å². The Kier molecular flexibility index (Phi) is 15.0. The summed E-state index contributed by atoms with van der Waals surface area (Å²) in [7, 11) is -2.97. The van der Waals surface area contributed by atoms with E-state index in [-0.39, 0.29) is 42.2 Å². The van der Waals surface area contributed by atoms with Crippen molar-refractivity contribution in [2.45, 2.75) is 95.1 Å². The van der Waals surface area contributed by atoms with Gasteiger partial charge in [-0.15, -0.1) is 11.8 Å². The first kappa shape index (κ1) is 43.1. The SMILES string of the molecule is CSCOC1C[C@H](n2cc(C#CCNC(=O)C(F)(F)F)c(NC(=O)COC3CCCCC3)nc2=O)O[C@@H]1CO[Si](c1ccccc1)(c1ccccc1)C(C)(C)C. The Labute approximate surface area is 330 Å². The minimum atomic E-state index is -5.08. The van der Waals surface area contributed by atoms with E-state index in [0.717, 1.165) is 42.5 Å². The third kappa shape index (κ3) is 10.9. The van der Waals surface area contributed by atoms with E-state index in [4.69, 9.17) is 18.6 Å². The number of benzene rings is 2. The average molecular weight is 815 g/mol. The standard InChI is InChI=1S/C40H49F3N4O7SSi/c1-39(2,3)56(30-18-10-6-11-19-30,31-20-12-7-13-21-31)53-25-33-32(52-27-55-4)23-35(54-33)47-24-28(15-14-22-44-37(49)40(41,42)43)36(46-38(47)50)45-34(48)26-51-29-16-8-5-9-17-29/h6-7,10-13,18-21,24,29,32-33,35H,5,8-9,16-17,22-23,25-27H2,1-4H3,(H,44,49)(H,45,46,48,50)/t32?,33-,35-/m1/s1. The molecular formula is C40H49F3N4O7SSi. The van der Waals surface area contributed by atoms with E-state index in [2.05, 4.69) is 67.2 Å². The molecule has 1 aliphatic carbocycles. The molecular weight excluding hydrogens is 766 g/mol. The number of hydrogen-bond donors (Lipinski definition) is 2. The van der Waals surface area contributed by atoms with Gasteiger partial charge in [-0.3, -0.25) is 14.2 Å². The second kappa shape index (κ2) is 19.4. The summed E-state index contributed by atoms with van der Waals surface area (Å²) in [6.07, 6.45) is 1.19. The number of nitrogens with one attached hydrogen (secondary N) is 2. The molecule has 0 bridgehead atoms. The summed E-state index contributed by atoms with van der Waals surface area (Å²) in [5.74, 6) is 2.56. The zero-order valence-electron chi connectivity index (χ0n) is 32.0. The van der Waals surface area contributed by atoms with Gasteiger partial charge in [-0.05, 0) is 34.5 Å². The van der Waals surface area contributed by atoms with Gasteiger partial charge in [-0.25, -0.2) is 4.79 Å². The number of ether oxygens (including phenoxy) is 3. The lowest BCUT2D eigenvalue weighted by atomic mass is 9.98. The summed E-state index contributed by atoms with van der Waals surface area (Å²) >= 11 is 1.49. The topological polar surface area (TPSA) is 130 Å². The van der Waals surface area contributed by atoms with Crippen molar-refractivity contribution in [1.82, 2.24) is 14.9 Å². The fourth-order valence-electron chi connectivity index (χ4n) is 7.14. The van der Waals surface area contributed by atoms with Gasteiger partial charge in [0, 0.05) is 12.6 Å². The highest BCUT2D eigenvalue weighted by atomic mass is 32.2. The van der Waals surface area contributed by atoms with E-state index in [9.17, 15) is 27.6 Å². The van der Waals surface area contributed by atoms with Gasteiger partial charge >= 0.3 is 17.8 Å². The maximum atomic E-state index is 13.6. The first-order valence-corrected chi connectivity index (χ1v) is 21.9. The third-order valence-corrected chi connectivity index (χ3v) is 15.2. The maximum Gasteiger partial charge on any atom is 0.471 e. The molecule has 2 amide bonds. The van der Waals surface area contributed by atoms with Crippen molar-refractivity contribution in [2.75, 3.05) is 37.3 Å². The van der Waals surface area contributed by atoms with Gasteiger partial charge < -0.3 is 29.3 Å². The summed E-state index contributed by atoms with van der Waals surface area (Å²) < 4.78 is 65.3. The molecule has 2 aliphatic rings. The predicted octanol–water partition coefficient (Wildman–Crippen LogP) is 5.13. The van der Waals surface area contributed by atoms with Crippen LogP contribution in [0.1, 0.15) is 71.1 Å². The van der Waals surface area contributed by atoms with Crippen LogP contribution in [0, 0.1) is 11.8 Å². The van der Waals surface area contributed by atoms with Crippen LogP contribution in [0.2, 0.25) is 5.04 Å². The van der Waals surface area contributed by atoms with Crippen molar-refractivity contribution < 1.29 is 41.4 Å². The van der Waals surface area contributed by atoms with Crippen LogP contribution in [-0.2, 0) is 28.2 Å². The van der Waals surface area contributed by atoms with E-state index in [1.807, 2.05) is 42.7 Å². The van der Waals surface area contributed by atoms with Gasteiger partial charge in [0.2, 0.25) is 0 Å². The maximum absolute atomic E-state index is 13.6. The van der Waals surface area contributed by atoms with Crippen LogP contribution >= 0.6 is 11.8 Å². The average Bonchev–Trinajstić information content (AvgIpc) is 3.58. The number of alkyl halides is 3. The molecule has 5 rings (SSSR count). The number of rotatable bonds is 14. The van der Waals surface area contributed by atoms with Crippen LogP contribution in [0.15, 0.2) is 71.7 Å². The zero-order chi connectivity index (χ0) is 40.3. The largest absolute Gasteiger partial charge is 0.471 e. The Hall–Kier alpha value is -3.98. The first-order valence-electron chi connectivity index (χ1n) is 18.6. The third-order valence-electron chi connectivity index (χ3n) is 9.80. The molecule has 1 saturated carbocycles. The number of aromatic nitrogens is 2. The molecule has 0 radical (unpaired) electrons. The number of carbonyl (C=O) groups is 2. The van der Waals surface area contributed by atoms with Gasteiger partial charge in [0.1, 0.15) is 18.9 Å². The number of halogens is 3. The molecule has 1 aliphatic heterocycles. The molecule has 1 saturated heterocycles. The van der Waals surface area contributed by atoms with Gasteiger partial charge in [-0.1, -0.05) is 113 Å². The Bertz CT molecular complexity index is 1860. The predicted molar refractivity (Wildman–Crippen MR) is 211 cm³/mol. The van der Waals surface area contributed by atoms with Gasteiger partial charge in [0.15, 0.2) is 5.82 Å². The normalized spacial score (nSPS) is 19.2. The first-order chi connectivity index (χ1) is 26.7. The summed E-state index contributed by atoms with van der Waals surface area (Å²) in [6, 6.07) is 20.3. The number of hydrogen-bond acceptors (Lipinski definition) is 9. The van der Waals surface area contributed by atoms with Crippen LogP contribution in [-0.4, -0.2) is 86.1 Å². The fraction of sp³-hybridized carbons (Fsp3) is 0.500. The van der Waals surface area contributed by atoms with Gasteiger partial charge in [0.05, 0.1) is 36.9 Å². The Morgan fingerprint density at radius 2 is 1.64 bits per heavy atom. The lowest BCUT2D eigenvalue weighted by Gasteiger charge is -2.43. The molecule has 56 heavy (non-hydrogen) atoms. The molecule has 0 spiro atoms. The van der Waals surface area contributed by atoms with Crippen molar-refractivity contribution >= 4 is 48.1 Å². The number of thioether (sulfide) groups is 1. The highest BCUT2D eigenvalue weighted by Gasteiger charge is 2.51. The highest BCUT2D eigenvalue weighted by molar-refractivity contribution is 7.98. The minimum Gasteiger partial charge on any atom is -0.405 e. The Morgan fingerprint density at radius 3 is 2.23 bits per heavy atom. The molecule has 3 atom stereocenters. The molecule has 3 aromatic rings. The highest BCUT2D eigenvalue weighted by Crippen LogP contribution is 2.38. The van der Waals surface area contributed by atoms with Crippen LogP contribution < -0.4 is 26.7 Å². The van der Waals surface area contributed by atoms with Crippen molar-refractivity contribution in [2.24, 2.45) is 0 Å². The number of nitrogens with zero attached hydrogens (tertiary/aromatic N) is 2. The second-order valence-electron chi connectivity index (χ2n) is 14.7. The smallest absolute Gasteiger partial charge is 0.405 e. The van der Waals surface area contributed by atoms with Crippen LogP contribution in [0.5, 0.6) is 0 Å². The summed E-state index contributed by atoms with van der Waals surface area (Å²) in [5.41, 5.74) is -0.735. The molecule has 302 valence electrons. The molecule has 2 N–H and O–H groups in total. The lowest BCUT2D eigenvalue weighted by molar-refractivity contribution is -0.173. The van der Waals surface area contributed by atoms with Crippen molar-refractivity contribution in [1.29, 1.82) is 0 Å². The van der Waals surface area contributed by atoms with Crippen molar-refractivity contribution in [3.05, 3.63) is 82.9 Å². The lowest BCUT2D eigenvalue weighted by Crippen LogP contribution is -2.67. The van der Waals surface area contributed by atoms with E-state index < -0.39 is 57.0 Å². The Balaban J connectivity index is 1.43. The van der Waals surface area contributed by atoms with Crippen molar-refractivity contribution in [3.63, 3.8) is 0 Å².